The predicted molar refractivity (Wildman–Crippen MR) is 139 cm³/mol. The molecule has 2 heterocycles. The van der Waals surface area contributed by atoms with Gasteiger partial charge in [-0.3, -0.25) is 4.79 Å². The second-order valence-corrected chi connectivity index (χ2v) is 8.34. The summed E-state index contributed by atoms with van der Waals surface area (Å²) in [6.07, 6.45) is 6.85. The van der Waals surface area contributed by atoms with Gasteiger partial charge in [-0.2, -0.15) is 9.78 Å². The molecule has 0 aliphatic carbocycles. The molecule has 0 atom stereocenters. The third-order valence-corrected chi connectivity index (χ3v) is 5.86. The third-order valence-electron chi connectivity index (χ3n) is 5.27. The first-order valence-electron chi connectivity index (χ1n) is 10.6. The third kappa shape index (κ3) is 4.29. The molecule has 5 aromatic rings. The molecule has 3 aromatic carbocycles. The number of halogens is 1. The Balaban J connectivity index is 1.65. The van der Waals surface area contributed by atoms with Crippen LogP contribution in [0.4, 0.5) is 0 Å². The van der Waals surface area contributed by atoms with Gasteiger partial charge >= 0.3 is 0 Å². The van der Waals surface area contributed by atoms with Gasteiger partial charge in [0, 0.05) is 5.39 Å². The summed E-state index contributed by atoms with van der Waals surface area (Å²) in [6.45, 7) is 0.0986. The highest BCUT2D eigenvalue weighted by Crippen LogP contribution is 2.36. The van der Waals surface area contributed by atoms with Crippen LogP contribution in [0.1, 0.15) is 5.56 Å². The first kappa shape index (κ1) is 22.4. The lowest BCUT2D eigenvalue weighted by atomic mass is 10.2. The molecule has 0 aliphatic rings. The fourth-order valence-corrected chi connectivity index (χ4v) is 4.25. The summed E-state index contributed by atoms with van der Waals surface area (Å²) in [5.41, 5.74) is 1.59. The normalized spacial score (nSPS) is 11.2. The summed E-state index contributed by atoms with van der Waals surface area (Å²) in [7, 11) is 1.53. The maximum Gasteiger partial charge on any atom is 0.282 e. The molecular weight excluding hydrogens is 510 g/mol. The van der Waals surface area contributed by atoms with Crippen LogP contribution < -0.4 is 15.0 Å². The van der Waals surface area contributed by atoms with E-state index in [2.05, 4.69) is 27.0 Å². The average molecular weight is 528 g/mol. The summed E-state index contributed by atoms with van der Waals surface area (Å²) in [4.78, 5) is 18.1. The number of methoxy groups -OCH3 is 1. The Bertz CT molecular complexity index is 1660. The topological polar surface area (TPSA) is 78.9 Å². The van der Waals surface area contributed by atoms with Crippen molar-refractivity contribution < 1.29 is 13.9 Å². The van der Waals surface area contributed by atoms with E-state index in [1.807, 2.05) is 36.4 Å². The minimum atomic E-state index is -0.317. The van der Waals surface area contributed by atoms with Crippen molar-refractivity contribution in [2.24, 2.45) is 5.10 Å². The fraction of sp³-hybridized carbons (Fsp3) is 0.0741. The first-order chi connectivity index (χ1) is 17.1. The van der Waals surface area contributed by atoms with E-state index in [4.69, 9.17) is 25.3 Å². The largest absolute Gasteiger partial charge is 0.493 e. The quantitative estimate of drug-likeness (QED) is 0.216. The van der Waals surface area contributed by atoms with E-state index in [1.165, 1.54) is 11.8 Å². The highest BCUT2D eigenvalue weighted by Gasteiger charge is 2.17. The molecule has 0 aliphatic heterocycles. The Kier molecular flexibility index (Phi) is 6.08. The van der Waals surface area contributed by atoms with Crippen molar-refractivity contribution in [3.63, 3.8) is 0 Å². The highest BCUT2D eigenvalue weighted by molar-refractivity contribution is 9.10. The van der Waals surface area contributed by atoms with E-state index < -0.39 is 0 Å². The minimum absolute atomic E-state index is 0.0986. The highest BCUT2D eigenvalue weighted by atomic mass is 79.9. The summed E-state index contributed by atoms with van der Waals surface area (Å²) in [6, 6.07) is 20.1. The number of benzene rings is 3. The molecule has 5 rings (SSSR count). The molecule has 0 saturated carbocycles. The van der Waals surface area contributed by atoms with Gasteiger partial charge in [-0.05, 0) is 57.9 Å². The molecule has 172 valence electrons. The van der Waals surface area contributed by atoms with Gasteiger partial charge in [0.05, 0.1) is 28.7 Å². The molecule has 0 unspecified atom stereocenters. The van der Waals surface area contributed by atoms with Gasteiger partial charge in [-0.25, -0.2) is 4.98 Å². The molecule has 7 nitrogen and oxygen atoms in total. The number of terminal acetylenes is 1. The van der Waals surface area contributed by atoms with E-state index in [9.17, 15) is 4.79 Å². The molecule has 2 aromatic heterocycles. The molecule has 0 N–H and O–H groups in total. The molecule has 8 heteroatoms. The summed E-state index contributed by atoms with van der Waals surface area (Å²) < 4.78 is 18.9. The summed E-state index contributed by atoms with van der Waals surface area (Å²) in [5, 5.41) is 5.83. The van der Waals surface area contributed by atoms with E-state index in [0.717, 1.165) is 5.39 Å². The molecule has 0 saturated heterocycles. The number of ether oxygens (including phenoxy) is 2. The Morgan fingerprint density at radius 1 is 1.17 bits per heavy atom. The Morgan fingerprint density at radius 2 is 1.97 bits per heavy atom. The van der Waals surface area contributed by atoms with Gasteiger partial charge < -0.3 is 13.9 Å². The standard InChI is InChI=1S/C27H18BrN3O4/c1-3-12-34-25-20(28)13-17(14-23(25)33-2)16-29-31-26(24-15-18-8-4-7-11-22(18)35-24)30-21-10-6-5-9-19(21)27(31)32/h1,4-11,13-16H,12H2,2H3. The minimum Gasteiger partial charge on any atom is -0.493 e. The van der Waals surface area contributed by atoms with E-state index >= 15 is 0 Å². The second-order valence-electron chi connectivity index (χ2n) is 7.49. The number of para-hydroxylation sites is 2. The second kappa shape index (κ2) is 9.49. The lowest BCUT2D eigenvalue weighted by molar-refractivity contribution is 0.329. The van der Waals surface area contributed by atoms with E-state index in [-0.39, 0.29) is 12.2 Å². The van der Waals surface area contributed by atoms with Crippen molar-refractivity contribution >= 4 is 44.0 Å². The van der Waals surface area contributed by atoms with Gasteiger partial charge in [-0.15, -0.1) is 6.42 Å². The van der Waals surface area contributed by atoms with Crippen LogP contribution in [0.15, 0.2) is 85.5 Å². The van der Waals surface area contributed by atoms with Gasteiger partial charge in [0.2, 0.25) is 5.82 Å². The van der Waals surface area contributed by atoms with Crippen molar-refractivity contribution in [1.29, 1.82) is 0 Å². The zero-order valence-electron chi connectivity index (χ0n) is 18.6. The van der Waals surface area contributed by atoms with Crippen LogP contribution in [0.5, 0.6) is 11.5 Å². The van der Waals surface area contributed by atoms with Crippen LogP contribution in [-0.2, 0) is 0 Å². The number of aromatic nitrogens is 2. The molecule has 0 spiro atoms. The summed E-state index contributed by atoms with van der Waals surface area (Å²) in [5.74, 6) is 4.11. The van der Waals surface area contributed by atoms with Crippen LogP contribution in [-0.4, -0.2) is 29.6 Å². The van der Waals surface area contributed by atoms with Crippen molar-refractivity contribution in [1.82, 2.24) is 9.66 Å². The van der Waals surface area contributed by atoms with Crippen molar-refractivity contribution in [3.05, 3.63) is 87.1 Å². The smallest absolute Gasteiger partial charge is 0.282 e. The lowest BCUT2D eigenvalue weighted by Crippen LogP contribution is -2.20. The van der Waals surface area contributed by atoms with Gasteiger partial charge in [0.1, 0.15) is 12.2 Å². The van der Waals surface area contributed by atoms with Gasteiger partial charge in [0.25, 0.3) is 5.56 Å². The van der Waals surface area contributed by atoms with Crippen molar-refractivity contribution in [2.45, 2.75) is 0 Å². The number of rotatable bonds is 6. The Hall–Kier alpha value is -4.35. The molecular formula is C27H18BrN3O4. The fourth-order valence-electron chi connectivity index (χ4n) is 3.68. The Labute approximate surface area is 208 Å². The Morgan fingerprint density at radius 3 is 2.77 bits per heavy atom. The molecule has 0 radical (unpaired) electrons. The number of furan rings is 1. The molecule has 0 amide bonds. The van der Waals surface area contributed by atoms with Gasteiger partial charge in [-0.1, -0.05) is 36.3 Å². The first-order valence-corrected chi connectivity index (χ1v) is 11.4. The number of hydrogen-bond donors (Lipinski definition) is 0. The van der Waals surface area contributed by atoms with Crippen molar-refractivity contribution in [3.8, 4) is 35.4 Å². The number of fused-ring (bicyclic) bond motifs is 2. The molecule has 0 bridgehead atoms. The number of hydrogen-bond acceptors (Lipinski definition) is 6. The maximum absolute atomic E-state index is 13.4. The van der Waals surface area contributed by atoms with Crippen LogP contribution in [0.3, 0.4) is 0 Å². The van der Waals surface area contributed by atoms with Crippen LogP contribution in [0.25, 0.3) is 33.5 Å². The number of nitrogens with zero attached hydrogens (tertiary/aromatic N) is 3. The van der Waals surface area contributed by atoms with Crippen LogP contribution in [0.2, 0.25) is 0 Å². The summed E-state index contributed by atoms with van der Waals surface area (Å²) >= 11 is 3.48. The van der Waals surface area contributed by atoms with Crippen LogP contribution in [0, 0.1) is 12.3 Å². The SMILES string of the molecule is C#CCOc1c(Br)cc(C=Nn2c(-c3cc4ccccc4o3)nc3ccccc3c2=O)cc1OC. The van der Waals surface area contributed by atoms with E-state index in [0.29, 0.717) is 49.6 Å². The maximum atomic E-state index is 13.4. The zero-order chi connectivity index (χ0) is 24.4. The van der Waals surface area contributed by atoms with Crippen molar-refractivity contribution in [2.75, 3.05) is 13.7 Å². The predicted octanol–water partition coefficient (Wildman–Crippen LogP) is 5.48. The van der Waals surface area contributed by atoms with Crippen LogP contribution >= 0.6 is 15.9 Å². The van der Waals surface area contributed by atoms with E-state index in [1.54, 1.807) is 36.5 Å². The van der Waals surface area contributed by atoms with Gasteiger partial charge in [0.15, 0.2) is 17.3 Å². The zero-order valence-corrected chi connectivity index (χ0v) is 20.2. The average Bonchev–Trinajstić information content (AvgIpc) is 3.31. The molecule has 0 fully saturated rings. The molecule has 35 heavy (non-hydrogen) atoms. The lowest BCUT2D eigenvalue weighted by Gasteiger charge is -2.12. The monoisotopic (exact) mass is 527 g/mol.